The fourth-order valence-corrected chi connectivity index (χ4v) is 1.76. The average Bonchev–Trinajstić information content (AvgIpc) is 2.20. The molecule has 0 amide bonds. The zero-order valence-electron chi connectivity index (χ0n) is 9.48. The van der Waals surface area contributed by atoms with E-state index in [4.69, 9.17) is 9.84 Å². The van der Waals surface area contributed by atoms with Crippen LogP contribution in [0.3, 0.4) is 0 Å². The molecule has 5 nitrogen and oxygen atoms in total. The van der Waals surface area contributed by atoms with Crippen molar-refractivity contribution in [3.63, 3.8) is 0 Å². The molecule has 1 fully saturated rings. The summed E-state index contributed by atoms with van der Waals surface area (Å²) in [7, 11) is 1.71. The van der Waals surface area contributed by atoms with Gasteiger partial charge in [0.2, 0.25) is 0 Å². The predicted octanol–water partition coefficient (Wildman–Crippen LogP) is -0.276. The minimum atomic E-state index is -0.742. The summed E-state index contributed by atoms with van der Waals surface area (Å²) < 4.78 is 5.19. The molecule has 1 aliphatic rings. The molecule has 0 saturated carbocycles. The molecular formula is C10H20N2O3. The van der Waals surface area contributed by atoms with Gasteiger partial charge < -0.3 is 9.84 Å². The molecular weight excluding hydrogens is 196 g/mol. The summed E-state index contributed by atoms with van der Waals surface area (Å²) in [5.74, 6) is -0.742. The zero-order valence-corrected chi connectivity index (χ0v) is 9.48. The lowest BCUT2D eigenvalue weighted by Gasteiger charge is -2.34. The number of rotatable bonds is 5. The molecule has 5 heteroatoms. The van der Waals surface area contributed by atoms with Crippen molar-refractivity contribution in [1.82, 2.24) is 9.80 Å². The van der Waals surface area contributed by atoms with E-state index in [0.29, 0.717) is 0 Å². The third kappa shape index (κ3) is 4.59. The monoisotopic (exact) mass is 216 g/mol. The van der Waals surface area contributed by atoms with Crippen molar-refractivity contribution in [3.05, 3.63) is 0 Å². The maximum Gasteiger partial charge on any atom is 0.317 e. The van der Waals surface area contributed by atoms with Crippen LogP contribution in [0, 0.1) is 0 Å². The van der Waals surface area contributed by atoms with E-state index in [1.165, 1.54) is 0 Å². The first-order valence-corrected chi connectivity index (χ1v) is 5.31. The minimum absolute atomic E-state index is 0.160. The smallest absolute Gasteiger partial charge is 0.317 e. The Balaban J connectivity index is 2.20. The highest BCUT2D eigenvalue weighted by molar-refractivity contribution is 5.69. The summed E-state index contributed by atoms with van der Waals surface area (Å²) in [6, 6.07) is 0. The van der Waals surface area contributed by atoms with Gasteiger partial charge in [0.25, 0.3) is 0 Å². The first-order valence-electron chi connectivity index (χ1n) is 5.31. The van der Waals surface area contributed by atoms with E-state index in [9.17, 15) is 4.79 Å². The zero-order chi connectivity index (χ0) is 11.3. The Morgan fingerprint density at radius 3 is 2.33 bits per heavy atom. The van der Waals surface area contributed by atoms with Crippen molar-refractivity contribution in [3.8, 4) is 0 Å². The Labute approximate surface area is 90.6 Å². The Morgan fingerprint density at radius 2 is 1.87 bits per heavy atom. The number of carboxylic acids is 1. The van der Waals surface area contributed by atoms with Gasteiger partial charge in [-0.05, 0) is 6.92 Å². The summed E-state index contributed by atoms with van der Waals surface area (Å²) in [6.45, 7) is 6.67. The van der Waals surface area contributed by atoms with Gasteiger partial charge in [-0.3, -0.25) is 14.6 Å². The van der Waals surface area contributed by atoms with Crippen LogP contribution in [0.2, 0.25) is 0 Å². The van der Waals surface area contributed by atoms with Crippen LogP contribution in [-0.4, -0.2) is 73.4 Å². The number of aliphatic carboxylic acids is 1. The highest BCUT2D eigenvalue weighted by Gasteiger charge is 2.19. The molecule has 1 rings (SSSR count). The van der Waals surface area contributed by atoms with Crippen molar-refractivity contribution in [2.45, 2.75) is 13.0 Å². The third-order valence-electron chi connectivity index (χ3n) is 2.74. The van der Waals surface area contributed by atoms with Crippen molar-refractivity contribution in [1.29, 1.82) is 0 Å². The molecule has 1 unspecified atom stereocenters. The van der Waals surface area contributed by atoms with E-state index in [1.807, 2.05) is 11.8 Å². The van der Waals surface area contributed by atoms with Gasteiger partial charge in [0.05, 0.1) is 12.6 Å². The highest BCUT2D eigenvalue weighted by atomic mass is 16.5. The van der Waals surface area contributed by atoms with Crippen molar-refractivity contribution in [2.75, 3.05) is 46.4 Å². The topological polar surface area (TPSA) is 53.0 Å². The van der Waals surface area contributed by atoms with Crippen molar-refractivity contribution in [2.24, 2.45) is 0 Å². The number of carboxylic acid groups (broad SMARTS) is 1. The lowest BCUT2D eigenvalue weighted by atomic mass is 10.3. The van der Waals surface area contributed by atoms with Crippen LogP contribution < -0.4 is 0 Å². The van der Waals surface area contributed by atoms with Gasteiger partial charge in [0.1, 0.15) is 0 Å². The van der Waals surface area contributed by atoms with Crippen LogP contribution in [0.4, 0.5) is 0 Å². The fraction of sp³-hybridized carbons (Fsp3) is 0.900. The van der Waals surface area contributed by atoms with Gasteiger partial charge in [0.15, 0.2) is 0 Å². The Morgan fingerprint density at radius 1 is 1.33 bits per heavy atom. The number of piperazine rings is 1. The molecule has 1 N–H and O–H groups in total. The maximum absolute atomic E-state index is 10.5. The van der Waals surface area contributed by atoms with Crippen LogP contribution in [0.5, 0.6) is 0 Å². The lowest BCUT2D eigenvalue weighted by Crippen LogP contribution is -2.49. The van der Waals surface area contributed by atoms with Gasteiger partial charge in [-0.15, -0.1) is 0 Å². The summed E-state index contributed by atoms with van der Waals surface area (Å²) in [6.07, 6.45) is 0.246. The molecule has 0 aromatic carbocycles. The molecule has 0 spiro atoms. The summed E-state index contributed by atoms with van der Waals surface area (Å²) in [5.41, 5.74) is 0. The summed E-state index contributed by atoms with van der Waals surface area (Å²) in [5, 5.41) is 8.64. The van der Waals surface area contributed by atoms with Gasteiger partial charge in [-0.25, -0.2) is 0 Å². The number of hydrogen-bond acceptors (Lipinski definition) is 4. The number of hydrogen-bond donors (Lipinski definition) is 1. The number of nitrogens with zero attached hydrogens (tertiary/aromatic N) is 2. The molecule has 0 aromatic rings. The standard InChI is InChI=1S/C10H20N2O3/c1-9(15-2)7-11-3-5-12(6-4-11)8-10(13)14/h9H,3-8H2,1-2H3,(H,13,14). The predicted molar refractivity (Wildman–Crippen MR) is 57.0 cm³/mol. The molecule has 0 radical (unpaired) electrons. The Kier molecular flexibility index (Phi) is 5.01. The molecule has 88 valence electrons. The number of methoxy groups -OCH3 is 1. The van der Waals surface area contributed by atoms with Gasteiger partial charge in [-0.1, -0.05) is 0 Å². The van der Waals surface area contributed by atoms with E-state index in [-0.39, 0.29) is 12.6 Å². The van der Waals surface area contributed by atoms with E-state index >= 15 is 0 Å². The molecule has 1 aliphatic heterocycles. The normalized spacial score (nSPS) is 21.5. The lowest BCUT2D eigenvalue weighted by molar-refractivity contribution is -0.138. The highest BCUT2D eigenvalue weighted by Crippen LogP contribution is 2.03. The first kappa shape index (κ1) is 12.4. The second-order valence-electron chi connectivity index (χ2n) is 4.02. The Bertz CT molecular complexity index is 203. The van der Waals surface area contributed by atoms with Crippen molar-refractivity contribution < 1.29 is 14.6 Å². The molecule has 1 atom stereocenters. The van der Waals surface area contributed by atoms with Gasteiger partial charge in [0, 0.05) is 39.8 Å². The SMILES string of the molecule is COC(C)CN1CCN(CC(=O)O)CC1. The second-order valence-corrected chi connectivity index (χ2v) is 4.02. The minimum Gasteiger partial charge on any atom is -0.480 e. The van der Waals surface area contributed by atoms with Crippen LogP contribution in [0.25, 0.3) is 0 Å². The van der Waals surface area contributed by atoms with Crippen LogP contribution >= 0.6 is 0 Å². The molecule has 15 heavy (non-hydrogen) atoms. The van der Waals surface area contributed by atoms with Crippen LogP contribution in [0.15, 0.2) is 0 Å². The van der Waals surface area contributed by atoms with Gasteiger partial charge >= 0.3 is 5.97 Å². The third-order valence-corrected chi connectivity index (χ3v) is 2.74. The first-order chi connectivity index (χ1) is 7.11. The van der Waals surface area contributed by atoms with E-state index in [0.717, 1.165) is 32.7 Å². The largest absolute Gasteiger partial charge is 0.480 e. The van der Waals surface area contributed by atoms with E-state index in [2.05, 4.69) is 4.90 Å². The maximum atomic E-state index is 10.5. The molecule has 0 bridgehead atoms. The Hall–Kier alpha value is -0.650. The molecule has 0 aliphatic carbocycles. The van der Waals surface area contributed by atoms with E-state index < -0.39 is 5.97 Å². The van der Waals surface area contributed by atoms with Crippen molar-refractivity contribution >= 4 is 5.97 Å². The quantitative estimate of drug-likeness (QED) is 0.685. The van der Waals surface area contributed by atoms with Crippen LogP contribution in [0.1, 0.15) is 6.92 Å². The average molecular weight is 216 g/mol. The summed E-state index contributed by atoms with van der Waals surface area (Å²) in [4.78, 5) is 14.8. The van der Waals surface area contributed by atoms with Gasteiger partial charge in [-0.2, -0.15) is 0 Å². The van der Waals surface area contributed by atoms with Crippen LogP contribution in [-0.2, 0) is 9.53 Å². The van der Waals surface area contributed by atoms with E-state index in [1.54, 1.807) is 7.11 Å². The molecule has 1 saturated heterocycles. The summed E-state index contributed by atoms with van der Waals surface area (Å²) >= 11 is 0. The number of carbonyl (C=O) groups is 1. The molecule has 1 heterocycles. The fourth-order valence-electron chi connectivity index (χ4n) is 1.76. The second kappa shape index (κ2) is 6.05. The molecule has 0 aromatic heterocycles. The number of ether oxygens (including phenoxy) is 1.